The molecule has 4 nitrogen and oxygen atoms in total. The number of halogens is 2. The zero-order chi connectivity index (χ0) is 14.4. The van der Waals surface area contributed by atoms with Gasteiger partial charge < -0.3 is 5.73 Å². The fraction of sp³-hybridized carbons (Fsp3) is 0.500. The van der Waals surface area contributed by atoms with Crippen molar-refractivity contribution in [3.63, 3.8) is 0 Å². The Hall–Kier alpha value is -0.490. The molecule has 0 aromatic heterocycles. The number of hydrogen-bond donors (Lipinski definition) is 1. The maximum atomic E-state index is 12.6. The maximum absolute atomic E-state index is 12.6. The predicted octanol–water partition coefficient (Wildman–Crippen LogP) is 2.85. The van der Waals surface area contributed by atoms with Crippen LogP contribution in [0.15, 0.2) is 17.0 Å². The Balaban J connectivity index is 2.47. The molecular formula is C12H16Cl2N2O2S. The lowest BCUT2D eigenvalue weighted by molar-refractivity contribution is 0.463. The van der Waals surface area contributed by atoms with Crippen molar-refractivity contribution < 1.29 is 8.42 Å². The van der Waals surface area contributed by atoms with Crippen LogP contribution in [0.1, 0.15) is 13.8 Å². The highest BCUT2D eigenvalue weighted by molar-refractivity contribution is 7.89. The first-order chi connectivity index (χ1) is 8.73. The van der Waals surface area contributed by atoms with E-state index in [0.29, 0.717) is 29.9 Å². The predicted molar refractivity (Wildman–Crippen MR) is 78.0 cm³/mol. The standard InChI is InChI=1S/C12H16Cl2N2O2S/c1-7-5-16(6-8(7)2)19(17,18)12-10(14)3-9(13)4-11(12)15/h3-4,7-8H,5-6,15H2,1-2H3. The molecule has 0 spiro atoms. The van der Waals surface area contributed by atoms with E-state index in [0.717, 1.165) is 0 Å². The third-order valence-corrected chi connectivity index (χ3v) is 6.17. The second kappa shape index (κ2) is 5.13. The SMILES string of the molecule is CC1CN(S(=O)(=O)c2c(N)cc(Cl)cc2Cl)CC1C. The highest BCUT2D eigenvalue weighted by Crippen LogP contribution is 2.36. The van der Waals surface area contributed by atoms with Gasteiger partial charge >= 0.3 is 0 Å². The van der Waals surface area contributed by atoms with Crippen LogP contribution < -0.4 is 5.73 Å². The van der Waals surface area contributed by atoms with Crippen molar-refractivity contribution in [3.05, 3.63) is 22.2 Å². The number of rotatable bonds is 2. The fourth-order valence-electron chi connectivity index (χ4n) is 2.25. The maximum Gasteiger partial charge on any atom is 0.246 e. The Bertz CT molecular complexity index is 571. The van der Waals surface area contributed by atoms with Crippen LogP contribution in [0.4, 0.5) is 5.69 Å². The molecule has 7 heteroatoms. The van der Waals surface area contributed by atoms with E-state index in [9.17, 15) is 8.42 Å². The smallest absolute Gasteiger partial charge is 0.246 e. The molecule has 0 bridgehead atoms. The monoisotopic (exact) mass is 322 g/mol. The van der Waals surface area contributed by atoms with E-state index in [4.69, 9.17) is 28.9 Å². The van der Waals surface area contributed by atoms with E-state index >= 15 is 0 Å². The minimum Gasteiger partial charge on any atom is -0.398 e. The van der Waals surface area contributed by atoms with Gasteiger partial charge in [0.25, 0.3) is 0 Å². The average molecular weight is 323 g/mol. The van der Waals surface area contributed by atoms with Crippen LogP contribution in [-0.2, 0) is 10.0 Å². The molecule has 0 aliphatic carbocycles. The van der Waals surface area contributed by atoms with Crippen LogP contribution in [0.5, 0.6) is 0 Å². The second-order valence-corrected chi connectivity index (χ2v) is 7.80. The van der Waals surface area contributed by atoms with E-state index in [2.05, 4.69) is 0 Å². The molecule has 1 aliphatic rings. The highest BCUT2D eigenvalue weighted by atomic mass is 35.5. The summed E-state index contributed by atoms with van der Waals surface area (Å²) in [5.41, 5.74) is 5.86. The van der Waals surface area contributed by atoms with E-state index < -0.39 is 10.0 Å². The molecule has 0 amide bonds. The molecule has 1 fully saturated rings. The lowest BCUT2D eigenvalue weighted by Crippen LogP contribution is -2.30. The zero-order valence-corrected chi connectivity index (χ0v) is 13.1. The van der Waals surface area contributed by atoms with Gasteiger partial charge in [-0.1, -0.05) is 37.0 Å². The summed E-state index contributed by atoms with van der Waals surface area (Å²) in [5, 5.41) is 0.391. The minimum atomic E-state index is -3.66. The van der Waals surface area contributed by atoms with Gasteiger partial charge in [0.05, 0.1) is 10.7 Å². The van der Waals surface area contributed by atoms with Crippen molar-refractivity contribution in [3.8, 4) is 0 Å². The van der Waals surface area contributed by atoms with Crippen LogP contribution in [0.3, 0.4) is 0 Å². The molecule has 2 unspecified atom stereocenters. The second-order valence-electron chi connectivity index (χ2n) is 5.08. The van der Waals surface area contributed by atoms with Gasteiger partial charge in [-0.05, 0) is 24.0 Å². The lowest BCUT2D eigenvalue weighted by Gasteiger charge is -2.18. The van der Waals surface area contributed by atoms with Crippen molar-refractivity contribution in [2.45, 2.75) is 18.7 Å². The molecular weight excluding hydrogens is 307 g/mol. The van der Waals surface area contributed by atoms with Gasteiger partial charge in [0.15, 0.2) is 0 Å². The van der Waals surface area contributed by atoms with E-state index in [1.807, 2.05) is 13.8 Å². The van der Waals surface area contributed by atoms with E-state index in [1.54, 1.807) is 0 Å². The number of nitrogen functional groups attached to an aromatic ring is 1. The number of benzene rings is 1. The summed E-state index contributed by atoms with van der Waals surface area (Å²) in [4.78, 5) is -0.0418. The van der Waals surface area contributed by atoms with Crippen molar-refractivity contribution in [2.24, 2.45) is 11.8 Å². The summed E-state index contributed by atoms with van der Waals surface area (Å²) in [6.07, 6.45) is 0. The van der Waals surface area contributed by atoms with Gasteiger partial charge in [0.2, 0.25) is 10.0 Å². The normalized spacial score (nSPS) is 24.8. The van der Waals surface area contributed by atoms with Crippen LogP contribution >= 0.6 is 23.2 Å². The first-order valence-corrected chi connectivity index (χ1v) is 8.17. The van der Waals surface area contributed by atoms with Crippen molar-refractivity contribution in [1.29, 1.82) is 0 Å². The molecule has 19 heavy (non-hydrogen) atoms. The van der Waals surface area contributed by atoms with Gasteiger partial charge in [0.1, 0.15) is 4.90 Å². The number of sulfonamides is 1. The van der Waals surface area contributed by atoms with Gasteiger partial charge in [-0.3, -0.25) is 0 Å². The molecule has 1 aromatic rings. The number of anilines is 1. The van der Waals surface area contributed by atoms with Crippen LogP contribution in [-0.4, -0.2) is 25.8 Å². The van der Waals surface area contributed by atoms with Crippen molar-refractivity contribution >= 4 is 38.9 Å². The van der Waals surface area contributed by atoms with Crippen LogP contribution in [0.2, 0.25) is 10.0 Å². The molecule has 0 radical (unpaired) electrons. The molecule has 1 aliphatic heterocycles. The largest absolute Gasteiger partial charge is 0.398 e. The third kappa shape index (κ3) is 2.70. The molecule has 2 atom stereocenters. The number of nitrogens with two attached hydrogens (primary N) is 1. The summed E-state index contributed by atoms with van der Waals surface area (Å²) in [6, 6.07) is 2.80. The van der Waals surface area contributed by atoms with E-state index in [1.165, 1.54) is 16.4 Å². The zero-order valence-electron chi connectivity index (χ0n) is 10.7. The molecule has 2 N–H and O–H groups in total. The van der Waals surface area contributed by atoms with Crippen LogP contribution in [0, 0.1) is 11.8 Å². The Kier molecular flexibility index (Phi) is 4.02. The first-order valence-electron chi connectivity index (χ1n) is 5.98. The lowest BCUT2D eigenvalue weighted by atomic mass is 10.0. The van der Waals surface area contributed by atoms with E-state index in [-0.39, 0.29) is 15.6 Å². The molecule has 106 valence electrons. The molecule has 0 saturated carbocycles. The number of nitrogens with zero attached hydrogens (tertiary/aromatic N) is 1. The molecule has 2 rings (SSSR count). The van der Waals surface area contributed by atoms with Gasteiger partial charge in [-0.2, -0.15) is 4.31 Å². The summed E-state index contributed by atoms with van der Waals surface area (Å²) in [5.74, 6) is 0.643. The van der Waals surface area contributed by atoms with Gasteiger partial charge in [-0.15, -0.1) is 0 Å². The highest BCUT2D eigenvalue weighted by Gasteiger charge is 2.37. The van der Waals surface area contributed by atoms with Crippen molar-refractivity contribution in [1.82, 2.24) is 4.31 Å². The quantitative estimate of drug-likeness (QED) is 0.851. The fourth-order valence-corrected chi connectivity index (χ4v) is 4.84. The summed E-state index contributed by atoms with van der Waals surface area (Å²) in [6.45, 7) is 5.05. The first kappa shape index (κ1) is 14.9. The third-order valence-electron chi connectivity index (χ3n) is 3.59. The molecule has 1 heterocycles. The summed E-state index contributed by atoms with van der Waals surface area (Å²) < 4.78 is 26.6. The van der Waals surface area contributed by atoms with Crippen LogP contribution in [0.25, 0.3) is 0 Å². The van der Waals surface area contributed by atoms with Gasteiger partial charge in [0, 0.05) is 18.1 Å². The Morgan fingerprint density at radius 3 is 2.21 bits per heavy atom. The summed E-state index contributed by atoms with van der Waals surface area (Å²) >= 11 is 11.8. The topological polar surface area (TPSA) is 63.4 Å². The van der Waals surface area contributed by atoms with Crippen molar-refractivity contribution in [2.75, 3.05) is 18.8 Å². The molecule has 1 saturated heterocycles. The van der Waals surface area contributed by atoms with Gasteiger partial charge in [-0.25, -0.2) is 8.42 Å². The Labute approximate surface area is 123 Å². The molecule has 1 aromatic carbocycles. The Morgan fingerprint density at radius 1 is 1.21 bits per heavy atom. The minimum absolute atomic E-state index is 0.0418. The average Bonchev–Trinajstić information content (AvgIpc) is 2.57. The summed E-state index contributed by atoms with van der Waals surface area (Å²) in [7, 11) is -3.66. The Morgan fingerprint density at radius 2 is 1.74 bits per heavy atom. The number of hydrogen-bond acceptors (Lipinski definition) is 3.